The fourth-order valence-electron chi connectivity index (χ4n) is 2.43. The maximum atomic E-state index is 12.5. The van der Waals surface area contributed by atoms with Crippen LogP contribution in [-0.4, -0.2) is 33.2 Å². The molecule has 0 aromatic heterocycles. The molecule has 0 fully saturated rings. The van der Waals surface area contributed by atoms with Crippen LogP contribution in [0.4, 0.5) is 11.4 Å². The van der Waals surface area contributed by atoms with Crippen LogP contribution in [0.1, 0.15) is 19.4 Å². The number of rotatable bonds is 7. The molecule has 0 unspecified atom stereocenters. The van der Waals surface area contributed by atoms with Crippen molar-refractivity contribution in [3.8, 4) is 5.75 Å². The normalized spacial score (nSPS) is 11.3. The molecule has 0 radical (unpaired) electrons. The van der Waals surface area contributed by atoms with Crippen LogP contribution in [0, 0.1) is 6.92 Å². The molecule has 140 valence electrons. The smallest absolute Gasteiger partial charge is 0.245 e. The Labute approximate surface area is 154 Å². The minimum Gasteiger partial charge on any atom is -0.489 e. The number of aryl methyl sites for hydroxylation is 1. The van der Waals surface area contributed by atoms with Gasteiger partial charge in [0.05, 0.1) is 18.0 Å². The SMILES string of the molecule is Cc1ccccc1NC(=O)CN(c1ccccc1OC(C)C)S(C)(=O)=O. The van der Waals surface area contributed by atoms with Gasteiger partial charge in [-0.25, -0.2) is 8.42 Å². The number of carbonyl (C=O) groups excluding carboxylic acids is 1. The largest absolute Gasteiger partial charge is 0.489 e. The summed E-state index contributed by atoms with van der Waals surface area (Å²) < 4.78 is 31.4. The Morgan fingerprint density at radius 3 is 2.35 bits per heavy atom. The third kappa shape index (κ3) is 5.23. The highest BCUT2D eigenvalue weighted by Crippen LogP contribution is 2.30. The molecule has 0 aliphatic heterocycles. The summed E-state index contributed by atoms with van der Waals surface area (Å²) in [7, 11) is -3.68. The number of para-hydroxylation sites is 3. The van der Waals surface area contributed by atoms with Crippen LogP contribution in [0.25, 0.3) is 0 Å². The number of hydrogen-bond acceptors (Lipinski definition) is 4. The molecule has 2 aromatic carbocycles. The summed E-state index contributed by atoms with van der Waals surface area (Å²) in [5.74, 6) is -0.0132. The van der Waals surface area contributed by atoms with Crippen LogP contribution >= 0.6 is 0 Å². The fraction of sp³-hybridized carbons (Fsp3) is 0.316. The highest BCUT2D eigenvalue weighted by molar-refractivity contribution is 7.92. The highest BCUT2D eigenvalue weighted by Gasteiger charge is 2.24. The average Bonchev–Trinajstić information content (AvgIpc) is 2.54. The van der Waals surface area contributed by atoms with Gasteiger partial charge in [-0.1, -0.05) is 30.3 Å². The molecule has 2 rings (SSSR count). The summed E-state index contributed by atoms with van der Waals surface area (Å²) in [5, 5.41) is 2.76. The summed E-state index contributed by atoms with van der Waals surface area (Å²) in [6, 6.07) is 14.1. The van der Waals surface area contributed by atoms with Gasteiger partial charge in [0, 0.05) is 5.69 Å². The molecular weight excluding hydrogens is 352 g/mol. The summed E-state index contributed by atoms with van der Waals surface area (Å²) in [5.41, 5.74) is 1.89. The Bertz CT molecular complexity index is 879. The second kappa shape index (κ2) is 8.23. The number of carbonyl (C=O) groups is 1. The molecule has 0 atom stereocenters. The van der Waals surface area contributed by atoms with Gasteiger partial charge in [0.2, 0.25) is 15.9 Å². The Balaban J connectivity index is 2.30. The number of anilines is 2. The maximum Gasteiger partial charge on any atom is 0.245 e. The van der Waals surface area contributed by atoms with Crippen molar-refractivity contribution in [3.05, 3.63) is 54.1 Å². The topological polar surface area (TPSA) is 75.7 Å². The molecule has 0 saturated carbocycles. The van der Waals surface area contributed by atoms with E-state index in [1.54, 1.807) is 30.3 Å². The van der Waals surface area contributed by atoms with E-state index in [1.807, 2.05) is 39.0 Å². The molecule has 0 bridgehead atoms. The zero-order chi connectivity index (χ0) is 19.3. The molecule has 0 saturated heterocycles. The van der Waals surface area contributed by atoms with Gasteiger partial charge in [-0.2, -0.15) is 0 Å². The van der Waals surface area contributed by atoms with Gasteiger partial charge in [0.15, 0.2) is 0 Å². The van der Waals surface area contributed by atoms with Crippen molar-refractivity contribution in [1.82, 2.24) is 0 Å². The summed E-state index contributed by atoms with van der Waals surface area (Å²) in [4.78, 5) is 12.5. The Morgan fingerprint density at radius 1 is 1.12 bits per heavy atom. The number of hydrogen-bond donors (Lipinski definition) is 1. The minimum atomic E-state index is -3.68. The molecular formula is C19H24N2O4S. The van der Waals surface area contributed by atoms with E-state index in [2.05, 4.69) is 5.32 Å². The van der Waals surface area contributed by atoms with E-state index in [1.165, 1.54) is 0 Å². The first-order valence-corrected chi connectivity index (χ1v) is 10.1. The Hall–Kier alpha value is -2.54. The standard InChI is InChI=1S/C19H24N2O4S/c1-14(2)25-18-12-8-7-11-17(18)21(26(4,23)24)13-19(22)20-16-10-6-5-9-15(16)3/h5-12,14H,13H2,1-4H3,(H,20,22). The van der Waals surface area contributed by atoms with Crippen LogP contribution in [-0.2, 0) is 14.8 Å². The van der Waals surface area contributed by atoms with Crippen molar-refractivity contribution in [2.45, 2.75) is 26.9 Å². The summed E-state index contributed by atoms with van der Waals surface area (Å²) in [6.07, 6.45) is 0.943. The van der Waals surface area contributed by atoms with E-state index >= 15 is 0 Å². The number of nitrogens with one attached hydrogen (secondary N) is 1. The van der Waals surface area contributed by atoms with Gasteiger partial charge in [-0.05, 0) is 44.5 Å². The monoisotopic (exact) mass is 376 g/mol. The zero-order valence-corrected chi connectivity index (χ0v) is 16.2. The van der Waals surface area contributed by atoms with Crippen molar-refractivity contribution in [1.29, 1.82) is 0 Å². The lowest BCUT2D eigenvalue weighted by molar-refractivity contribution is -0.114. The highest BCUT2D eigenvalue weighted by atomic mass is 32.2. The average molecular weight is 376 g/mol. The summed E-state index contributed by atoms with van der Waals surface area (Å²) >= 11 is 0. The van der Waals surface area contributed by atoms with E-state index in [0.717, 1.165) is 16.1 Å². The number of sulfonamides is 1. The van der Waals surface area contributed by atoms with Gasteiger partial charge in [-0.3, -0.25) is 9.10 Å². The lowest BCUT2D eigenvalue weighted by Gasteiger charge is -2.25. The van der Waals surface area contributed by atoms with Crippen LogP contribution < -0.4 is 14.4 Å². The van der Waals surface area contributed by atoms with E-state index in [0.29, 0.717) is 17.1 Å². The van der Waals surface area contributed by atoms with Crippen LogP contribution in [0.15, 0.2) is 48.5 Å². The Kier molecular flexibility index (Phi) is 6.26. The molecule has 1 N–H and O–H groups in total. The molecule has 0 spiro atoms. The molecule has 26 heavy (non-hydrogen) atoms. The molecule has 0 aliphatic carbocycles. The molecule has 0 heterocycles. The van der Waals surface area contributed by atoms with Crippen LogP contribution in [0.3, 0.4) is 0 Å². The molecule has 6 nitrogen and oxygen atoms in total. The van der Waals surface area contributed by atoms with Gasteiger partial charge >= 0.3 is 0 Å². The lowest BCUT2D eigenvalue weighted by atomic mass is 10.2. The second-order valence-electron chi connectivity index (χ2n) is 6.27. The maximum absolute atomic E-state index is 12.5. The first-order chi connectivity index (χ1) is 12.2. The van der Waals surface area contributed by atoms with E-state index in [4.69, 9.17) is 4.74 Å². The number of nitrogens with zero attached hydrogens (tertiary/aromatic N) is 1. The minimum absolute atomic E-state index is 0.127. The third-order valence-corrected chi connectivity index (χ3v) is 4.73. The second-order valence-corrected chi connectivity index (χ2v) is 8.17. The van der Waals surface area contributed by atoms with Crippen LogP contribution in [0.5, 0.6) is 5.75 Å². The van der Waals surface area contributed by atoms with Crippen LogP contribution in [0.2, 0.25) is 0 Å². The number of amides is 1. The number of ether oxygens (including phenoxy) is 1. The molecule has 0 aliphatic rings. The number of benzene rings is 2. The van der Waals surface area contributed by atoms with Gasteiger partial charge < -0.3 is 10.1 Å². The molecule has 2 aromatic rings. The van der Waals surface area contributed by atoms with E-state index < -0.39 is 15.9 Å². The summed E-state index contributed by atoms with van der Waals surface area (Å²) in [6.45, 7) is 5.24. The predicted molar refractivity (Wildman–Crippen MR) is 104 cm³/mol. The van der Waals surface area contributed by atoms with Gasteiger partial charge in [0.25, 0.3) is 0 Å². The van der Waals surface area contributed by atoms with Gasteiger partial charge in [-0.15, -0.1) is 0 Å². The van der Waals surface area contributed by atoms with E-state index in [9.17, 15) is 13.2 Å². The van der Waals surface area contributed by atoms with Gasteiger partial charge in [0.1, 0.15) is 12.3 Å². The molecule has 1 amide bonds. The molecule has 7 heteroatoms. The third-order valence-electron chi connectivity index (χ3n) is 3.60. The zero-order valence-electron chi connectivity index (χ0n) is 15.4. The first-order valence-electron chi connectivity index (χ1n) is 8.27. The van der Waals surface area contributed by atoms with Crippen molar-refractivity contribution < 1.29 is 17.9 Å². The van der Waals surface area contributed by atoms with Crippen molar-refractivity contribution in [2.75, 3.05) is 22.4 Å². The van der Waals surface area contributed by atoms with E-state index in [-0.39, 0.29) is 12.6 Å². The predicted octanol–water partition coefficient (Wildman–Crippen LogP) is 3.19. The Morgan fingerprint density at radius 2 is 1.73 bits per heavy atom. The first kappa shape index (κ1) is 19.8. The van der Waals surface area contributed by atoms with Crippen molar-refractivity contribution >= 4 is 27.3 Å². The van der Waals surface area contributed by atoms with Crippen molar-refractivity contribution in [2.24, 2.45) is 0 Å². The fourth-order valence-corrected chi connectivity index (χ4v) is 3.29. The van der Waals surface area contributed by atoms with Crippen molar-refractivity contribution in [3.63, 3.8) is 0 Å². The lowest BCUT2D eigenvalue weighted by Crippen LogP contribution is -2.37. The quantitative estimate of drug-likeness (QED) is 0.805.